The van der Waals surface area contributed by atoms with Crippen LogP contribution < -0.4 is 5.32 Å². The largest absolute Gasteiger partial charge is 0.508 e. The average Bonchev–Trinajstić information content (AvgIpc) is 2.53. The van der Waals surface area contributed by atoms with Crippen molar-refractivity contribution >= 4 is 17.0 Å². The number of phenols is 1. The van der Waals surface area contributed by atoms with Crippen molar-refractivity contribution in [2.75, 3.05) is 6.54 Å². The lowest BCUT2D eigenvalue weighted by molar-refractivity contribution is 0.159. The smallest absolute Gasteiger partial charge is 0.115 e. The van der Waals surface area contributed by atoms with E-state index in [9.17, 15) is 10.2 Å². The van der Waals surface area contributed by atoms with Crippen molar-refractivity contribution in [1.29, 1.82) is 0 Å². The van der Waals surface area contributed by atoms with E-state index in [1.54, 1.807) is 12.1 Å². The summed E-state index contributed by atoms with van der Waals surface area (Å²) >= 11 is 0. The Hall–Kier alpha value is -1.36. The molecule has 0 spiro atoms. The number of hydrogen-bond acceptors (Lipinski definition) is 3. The van der Waals surface area contributed by atoms with Crippen molar-refractivity contribution in [1.82, 2.24) is 5.32 Å². The highest BCUT2D eigenvalue weighted by Gasteiger charge is 2.19. The Kier molecular flexibility index (Phi) is 7.76. The molecule has 1 atom stereocenters. The SMILES string of the molecule is Br.CC(C)(CCc1ccc(O)cc1)NCC(O)c1ccccc1. The lowest BCUT2D eigenvalue weighted by Gasteiger charge is -2.28. The Labute approximate surface area is 149 Å². The predicted molar refractivity (Wildman–Crippen MR) is 100 cm³/mol. The van der Waals surface area contributed by atoms with Crippen LogP contribution in [0.15, 0.2) is 54.6 Å². The highest BCUT2D eigenvalue weighted by molar-refractivity contribution is 8.93. The summed E-state index contributed by atoms with van der Waals surface area (Å²) in [7, 11) is 0. The molecule has 0 heterocycles. The Morgan fingerprint density at radius 1 is 1.00 bits per heavy atom. The van der Waals surface area contributed by atoms with E-state index in [0.717, 1.165) is 18.4 Å². The Bertz CT molecular complexity index is 570. The molecule has 23 heavy (non-hydrogen) atoms. The Morgan fingerprint density at radius 2 is 1.61 bits per heavy atom. The molecule has 2 aromatic carbocycles. The van der Waals surface area contributed by atoms with Crippen molar-refractivity contribution < 1.29 is 10.2 Å². The van der Waals surface area contributed by atoms with E-state index in [1.807, 2.05) is 42.5 Å². The molecule has 3 nitrogen and oxygen atoms in total. The molecule has 2 rings (SSSR count). The van der Waals surface area contributed by atoms with Gasteiger partial charge < -0.3 is 15.5 Å². The minimum atomic E-state index is -0.492. The highest BCUT2D eigenvalue weighted by Crippen LogP contribution is 2.18. The van der Waals surface area contributed by atoms with Crippen molar-refractivity contribution in [3.63, 3.8) is 0 Å². The molecule has 0 amide bonds. The number of hydrogen-bond donors (Lipinski definition) is 3. The van der Waals surface area contributed by atoms with Crippen LogP contribution in [0.25, 0.3) is 0 Å². The molecule has 0 aliphatic heterocycles. The number of β-amino-alcohol motifs (C(OH)–C–C–N with tert-alkyl or cyclic N) is 1. The molecule has 0 fully saturated rings. The minimum Gasteiger partial charge on any atom is -0.508 e. The van der Waals surface area contributed by atoms with Crippen molar-refractivity contribution in [2.45, 2.75) is 38.3 Å². The monoisotopic (exact) mass is 379 g/mol. The van der Waals surface area contributed by atoms with E-state index >= 15 is 0 Å². The first-order chi connectivity index (χ1) is 10.5. The number of rotatable bonds is 7. The first-order valence-corrected chi connectivity index (χ1v) is 7.72. The van der Waals surface area contributed by atoms with Gasteiger partial charge in [0, 0.05) is 12.1 Å². The molecule has 1 unspecified atom stereocenters. The van der Waals surface area contributed by atoms with E-state index in [0.29, 0.717) is 12.3 Å². The zero-order chi connectivity index (χ0) is 16.0. The van der Waals surface area contributed by atoms with Crippen LogP contribution in [0, 0.1) is 0 Å². The van der Waals surface area contributed by atoms with Crippen LogP contribution in [-0.2, 0) is 6.42 Å². The van der Waals surface area contributed by atoms with E-state index in [1.165, 1.54) is 5.56 Å². The van der Waals surface area contributed by atoms with Crippen LogP contribution in [0.3, 0.4) is 0 Å². The lowest BCUT2D eigenvalue weighted by atomic mass is 9.94. The minimum absolute atomic E-state index is 0. The third-order valence-electron chi connectivity index (χ3n) is 3.93. The third kappa shape index (κ3) is 6.73. The number of aliphatic hydroxyl groups excluding tert-OH is 1. The summed E-state index contributed by atoms with van der Waals surface area (Å²) < 4.78 is 0. The van der Waals surface area contributed by atoms with Gasteiger partial charge in [-0.15, -0.1) is 17.0 Å². The topological polar surface area (TPSA) is 52.5 Å². The van der Waals surface area contributed by atoms with Crippen LogP contribution in [0.2, 0.25) is 0 Å². The molecule has 0 radical (unpaired) electrons. The molecule has 0 saturated heterocycles. The Balaban J connectivity index is 0.00000264. The molecule has 126 valence electrons. The molecule has 0 bridgehead atoms. The molecule has 0 saturated carbocycles. The fourth-order valence-electron chi connectivity index (χ4n) is 2.37. The van der Waals surface area contributed by atoms with Gasteiger partial charge in [0.2, 0.25) is 0 Å². The van der Waals surface area contributed by atoms with Crippen molar-refractivity contribution in [2.24, 2.45) is 0 Å². The van der Waals surface area contributed by atoms with Gasteiger partial charge in [-0.25, -0.2) is 0 Å². The fraction of sp³-hybridized carbons (Fsp3) is 0.368. The summed E-state index contributed by atoms with van der Waals surface area (Å²) in [5.74, 6) is 0.298. The van der Waals surface area contributed by atoms with Crippen molar-refractivity contribution in [3.8, 4) is 5.75 Å². The number of aromatic hydroxyl groups is 1. The van der Waals surface area contributed by atoms with Gasteiger partial charge in [-0.1, -0.05) is 42.5 Å². The molecule has 0 aliphatic rings. The van der Waals surface area contributed by atoms with Crippen LogP contribution in [-0.4, -0.2) is 22.3 Å². The van der Waals surface area contributed by atoms with Gasteiger partial charge in [-0.3, -0.25) is 0 Å². The summed E-state index contributed by atoms with van der Waals surface area (Å²) in [6, 6.07) is 17.0. The number of benzene rings is 2. The van der Waals surface area contributed by atoms with Crippen LogP contribution in [0.1, 0.15) is 37.5 Å². The second kappa shape index (κ2) is 9.06. The van der Waals surface area contributed by atoms with E-state index in [4.69, 9.17) is 0 Å². The third-order valence-corrected chi connectivity index (χ3v) is 3.93. The zero-order valence-corrected chi connectivity index (χ0v) is 15.4. The lowest BCUT2D eigenvalue weighted by Crippen LogP contribution is -2.41. The molecule has 2 aromatic rings. The van der Waals surface area contributed by atoms with Crippen LogP contribution in [0.5, 0.6) is 5.75 Å². The molecule has 3 N–H and O–H groups in total. The standard InChI is InChI=1S/C19H25NO2.BrH/c1-19(2,13-12-15-8-10-17(21)11-9-15)20-14-18(22)16-6-4-3-5-7-16;/h3-11,18,20-22H,12-14H2,1-2H3;1H. The summed E-state index contributed by atoms with van der Waals surface area (Å²) in [4.78, 5) is 0. The molecular formula is C19H26BrNO2. The van der Waals surface area contributed by atoms with Crippen LogP contribution in [0.4, 0.5) is 0 Å². The Morgan fingerprint density at radius 3 is 2.22 bits per heavy atom. The van der Waals surface area contributed by atoms with Gasteiger partial charge in [0.15, 0.2) is 0 Å². The second-order valence-electron chi connectivity index (χ2n) is 6.36. The van der Waals surface area contributed by atoms with Gasteiger partial charge >= 0.3 is 0 Å². The van der Waals surface area contributed by atoms with E-state index in [-0.39, 0.29) is 22.5 Å². The van der Waals surface area contributed by atoms with E-state index < -0.39 is 6.10 Å². The summed E-state index contributed by atoms with van der Waals surface area (Å²) in [5.41, 5.74) is 2.08. The normalized spacial score (nSPS) is 12.5. The maximum atomic E-state index is 10.2. The quantitative estimate of drug-likeness (QED) is 0.681. The van der Waals surface area contributed by atoms with Gasteiger partial charge in [-0.2, -0.15) is 0 Å². The van der Waals surface area contributed by atoms with Crippen molar-refractivity contribution in [3.05, 3.63) is 65.7 Å². The van der Waals surface area contributed by atoms with E-state index in [2.05, 4.69) is 19.2 Å². The predicted octanol–water partition coefficient (Wildman–Crippen LogP) is 4.00. The maximum Gasteiger partial charge on any atom is 0.115 e. The number of aliphatic hydroxyl groups is 1. The molecular weight excluding hydrogens is 354 g/mol. The first-order valence-electron chi connectivity index (χ1n) is 7.72. The fourth-order valence-corrected chi connectivity index (χ4v) is 2.37. The molecule has 0 aromatic heterocycles. The number of nitrogens with one attached hydrogen (secondary N) is 1. The number of halogens is 1. The van der Waals surface area contributed by atoms with Gasteiger partial charge in [0.25, 0.3) is 0 Å². The highest BCUT2D eigenvalue weighted by atomic mass is 79.9. The molecule has 0 aliphatic carbocycles. The summed E-state index contributed by atoms with van der Waals surface area (Å²) in [5, 5.41) is 22.9. The first kappa shape index (κ1) is 19.7. The zero-order valence-electron chi connectivity index (χ0n) is 13.7. The summed E-state index contributed by atoms with van der Waals surface area (Å²) in [6.45, 7) is 4.82. The summed E-state index contributed by atoms with van der Waals surface area (Å²) in [6.07, 6.45) is 1.40. The van der Waals surface area contributed by atoms with Gasteiger partial charge in [0.05, 0.1) is 6.10 Å². The number of aryl methyl sites for hydroxylation is 1. The maximum absolute atomic E-state index is 10.2. The van der Waals surface area contributed by atoms with Crippen LogP contribution >= 0.6 is 17.0 Å². The molecule has 4 heteroatoms. The number of phenolic OH excluding ortho intramolecular Hbond substituents is 1. The van der Waals surface area contributed by atoms with Gasteiger partial charge in [-0.05, 0) is 49.9 Å². The average molecular weight is 380 g/mol. The second-order valence-corrected chi connectivity index (χ2v) is 6.36. The van der Waals surface area contributed by atoms with Gasteiger partial charge in [0.1, 0.15) is 5.75 Å².